The SMILES string of the molecule is COc1ccc(S(=O)(=O)N2/C(=C(\C)C(=O)OC(C)(C)C)[C@@H](C(=O)OC(C)(C)C)[C@H]2c2ccc(-c3ccccc3)cc2)cc1. The molecule has 4 rings (SSSR count). The van der Waals surface area contributed by atoms with Crippen LogP contribution in [0.15, 0.2) is 95.0 Å². The van der Waals surface area contributed by atoms with Gasteiger partial charge in [-0.2, -0.15) is 0 Å². The molecule has 8 nitrogen and oxygen atoms in total. The molecule has 0 aliphatic carbocycles. The minimum absolute atomic E-state index is 0.0139. The number of hydrogen-bond donors (Lipinski definition) is 0. The predicted octanol–water partition coefficient (Wildman–Crippen LogP) is 6.68. The summed E-state index contributed by atoms with van der Waals surface area (Å²) in [5, 5.41) is 0. The smallest absolute Gasteiger partial charge is 0.336 e. The highest BCUT2D eigenvalue weighted by atomic mass is 32.2. The van der Waals surface area contributed by atoms with Crippen LogP contribution in [-0.2, 0) is 29.1 Å². The maximum atomic E-state index is 14.3. The molecule has 1 aliphatic heterocycles. The molecule has 3 aromatic rings. The van der Waals surface area contributed by atoms with Crippen molar-refractivity contribution < 1.29 is 32.2 Å². The molecule has 0 unspecified atom stereocenters. The first-order valence-corrected chi connectivity index (χ1v) is 15.5. The Labute approximate surface area is 254 Å². The zero-order valence-corrected chi connectivity index (χ0v) is 26.7. The van der Waals surface area contributed by atoms with E-state index in [-0.39, 0.29) is 16.2 Å². The van der Waals surface area contributed by atoms with E-state index in [1.165, 1.54) is 26.2 Å². The summed E-state index contributed by atoms with van der Waals surface area (Å²) in [6.45, 7) is 11.9. The molecule has 2 atom stereocenters. The van der Waals surface area contributed by atoms with Crippen LogP contribution in [0.1, 0.15) is 60.1 Å². The van der Waals surface area contributed by atoms with E-state index in [9.17, 15) is 18.0 Å². The molecule has 228 valence electrons. The molecule has 43 heavy (non-hydrogen) atoms. The quantitative estimate of drug-likeness (QED) is 0.219. The maximum absolute atomic E-state index is 14.3. The van der Waals surface area contributed by atoms with Gasteiger partial charge < -0.3 is 14.2 Å². The number of esters is 2. The number of sulfonamides is 1. The van der Waals surface area contributed by atoms with Crippen LogP contribution in [0.5, 0.6) is 5.75 Å². The van der Waals surface area contributed by atoms with Crippen molar-refractivity contribution in [3.05, 3.63) is 95.7 Å². The second kappa shape index (κ2) is 11.9. The van der Waals surface area contributed by atoms with Crippen molar-refractivity contribution in [3.63, 3.8) is 0 Å². The Balaban J connectivity index is 1.91. The van der Waals surface area contributed by atoms with Gasteiger partial charge >= 0.3 is 11.9 Å². The molecule has 3 aromatic carbocycles. The molecule has 0 spiro atoms. The second-order valence-corrected chi connectivity index (χ2v) is 14.2. The molecule has 1 heterocycles. The molecule has 0 radical (unpaired) electrons. The van der Waals surface area contributed by atoms with Crippen molar-refractivity contribution in [2.45, 2.75) is 70.6 Å². The van der Waals surface area contributed by atoms with E-state index in [2.05, 4.69) is 0 Å². The van der Waals surface area contributed by atoms with E-state index in [0.717, 1.165) is 15.4 Å². The molecule has 1 saturated heterocycles. The summed E-state index contributed by atoms with van der Waals surface area (Å²) in [4.78, 5) is 27.1. The van der Waals surface area contributed by atoms with Crippen molar-refractivity contribution in [2.75, 3.05) is 7.11 Å². The van der Waals surface area contributed by atoms with Crippen molar-refractivity contribution in [1.29, 1.82) is 0 Å². The van der Waals surface area contributed by atoms with Crippen molar-refractivity contribution >= 4 is 22.0 Å². The summed E-state index contributed by atoms with van der Waals surface area (Å²) in [5.74, 6) is -1.95. The number of ether oxygens (including phenoxy) is 3. The summed E-state index contributed by atoms with van der Waals surface area (Å²) >= 11 is 0. The van der Waals surface area contributed by atoms with Gasteiger partial charge in [0, 0.05) is 0 Å². The normalized spacial score (nSPS) is 18.4. The number of carbonyl (C=O) groups is 2. The van der Waals surface area contributed by atoms with E-state index in [1.54, 1.807) is 65.8 Å². The minimum Gasteiger partial charge on any atom is -0.497 e. The molecular formula is C34H39NO7S. The van der Waals surface area contributed by atoms with Gasteiger partial charge in [0.15, 0.2) is 0 Å². The Morgan fingerprint density at radius 1 is 0.744 bits per heavy atom. The number of carbonyl (C=O) groups excluding carboxylic acids is 2. The molecule has 0 amide bonds. The van der Waals surface area contributed by atoms with Gasteiger partial charge in [0.05, 0.1) is 29.3 Å². The van der Waals surface area contributed by atoms with E-state index in [1.807, 2.05) is 42.5 Å². The van der Waals surface area contributed by atoms with Crippen LogP contribution in [0.2, 0.25) is 0 Å². The third-order valence-corrected chi connectivity index (χ3v) is 8.64. The Bertz CT molecular complexity index is 1610. The van der Waals surface area contributed by atoms with Gasteiger partial charge in [-0.3, -0.25) is 9.10 Å². The van der Waals surface area contributed by atoms with Crippen molar-refractivity contribution in [1.82, 2.24) is 4.31 Å². The number of nitrogens with zero attached hydrogens (tertiary/aromatic N) is 1. The van der Waals surface area contributed by atoms with Gasteiger partial charge in [0.1, 0.15) is 22.9 Å². The van der Waals surface area contributed by atoms with Crippen LogP contribution < -0.4 is 4.74 Å². The van der Waals surface area contributed by atoms with Gasteiger partial charge in [0.25, 0.3) is 10.0 Å². The van der Waals surface area contributed by atoms with E-state index in [0.29, 0.717) is 11.3 Å². The first-order valence-electron chi connectivity index (χ1n) is 14.0. The van der Waals surface area contributed by atoms with Gasteiger partial charge in [-0.15, -0.1) is 0 Å². The van der Waals surface area contributed by atoms with Crippen LogP contribution in [-0.4, -0.2) is 43.0 Å². The topological polar surface area (TPSA) is 99.2 Å². The Kier molecular flexibility index (Phi) is 8.79. The van der Waals surface area contributed by atoms with E-state index < -0.39 is 45.1 Å². The average molecular weight is 606 g/mol. The lowest BCUT2D eigenvalue weighted by Gasteiger charge is -2.50. The van der Waals surface area contributed by atoms with Gasteiger partial charge in [-0.25, -0.2) is 13.2 Å². The highest BCUT2D eigenvalue weighted by Crippen LogP contribution is 2.53. The predicted molar refractivity (Wildman–Crippen MR) is 165 cm³/mol. The maximum Gasteiger partial charge on any atom is 0.336 e. The largest absolute Gasteiger partial charge is 0.497 e. The lowest BCUT2D eigenvalue weighted by atomic mass is 9.80. The molecular weight excluding hydrogens is 566 g/mol. The zero-order chi connectivity index (χ0) is 31.7. The fourth-order valence-corrected chi connectivity index (χ4v) is 6.68. The summed E-state index contributed by atoms with van der Waals surface area (Å²) in [7, 11) is -2.77. The van der Waals surface area contributed by atoms with Gasteiger partial charge in [-0.1, -0.05) is 54.6 Å². The molecule has 1 aliphatic rings. The molecule has 0 saturated carbocycles. The van der Waals surface area contributed by atoms with Gasteiger partial charge in [-0.05, 0) is 89.4 Å². The van der Waals surface area contributed by atoms with Crippen molar-refractivity contribution in [3.8, 4) is 16.9 Å². The standard InChI is InChI=1S/C34H39NO7S/c1-22(31(36)41-33(2,3)4)29-28(32(37)42-34(5,6)7)30(25-16-14-24(15-17-25)23-12-10-9-11-13-23)35(29)43(38,39)27-20-18-26(40-8)19-21-27/h9-21,28,30H,1-8H3/b29-22+/t28-,30-/m1/s1. The van der Waals surface area contributed by atoms with Crippen LogP contribution in [0.25, 0.3) is 11.1 Å². The fourth-order valence-electron chi connectivity index (χ4n) is 4.92. The summed E-state index contributed by atoms with van der Waals surface area (Å²) < 4.78 is 46.4. The fraction of sp³-hybridized carbons (Fsp3) is 0.353. The molecule has 0 bridgehead atoms. The zero-order valence-electron chi connectivity index (χ0n) is 25.9. The lowest BCUT2D eigenvalue weighted by Crippen LogP contribution is -2.55. The number of methoxy groups -OCH3 is 1. The monoisotopic (exact) mass is 605 g/mol. The van der Waals surface area contributed by atoms with Crippen LogP contribution in [0, 0.1) is 5.92 Å². The van der Waals surface area contributed by atoms with Crippen LogP contribution >= 0.6 is 0 Å². The highest BCUT2D eigenvalue weighted by molar-refractivity contribution is 7.89. The van der Waals surface area contributed by atoms with E-state index >= 15 is 0 Å². The molecule has 9 heteroatoms. The number of hydrogen-bond acceptors (Lipinski definition) is 7. The van der Waals surface area contributed by atoms with Crippen LogP contribution in [0.4, 0.5) is 0 Å². The highest BCUT2D eigenvalue weighted by Gasteiger charge is 2.57. The third kappa shape index (κ3) is 6.94. The summed E-state index contributed by atoms with van der Waals surface area (Å²) in [6.07, 6.45) is 0. The third-order valence-electron chi connectivity index (χ3n) is 6.83. The Morgan fingerprint density at radius 2 is 1.28 bits per heavy atom. The Morgan fingerprint density at radius 3 is 1.79 bits per heavy atom. The first kappa shape index (κ1) is 31.8. The summed E-state index contributed by atoms with van der Waals surface area (Å²) in [5.41, 5.74) is 0.859. The second-order valence-electron chi connectivity index (χ2n) is 12.4. The van der Waals surface area contributed by atoms with E-state index in [4.69, 9.17) is 14.2 Å². The molecule has 0 aromatic heterocycles. The Hall–Kier alpha value is -4.11. The first-order chi connectivity index (χ1) is 20.0. The molecule has 1 fully saturated rings. The lowest BCUT2D eigenvalue weighted by molar-refractivity contribution is -0.164. The molecule has 0 N–H and O–H groups in total. The van der Waals surface area contributed by atoms with Gasteiger partial charge in [0.2, 0.25) is 0 Å². The van der Waals surface area contributed by atoms with Crippen molar-refractivity contribution in [2.24, 2.45) is 5.92 Å². The van der Waals surface area contributed by atoms with Crippen LogP contribution in [0.3, 0.4) is 0 Å². The number of benzene rings is 3. The average Bonchev–Trinajstić information content (AvgIpc) is 2.91. The number of rotatable bonds is 7. The minimum atomic E-state index is -4.26. The summed E-state index contributed by atoms with van der Waals surface area (Å²) in [6, 6.07) is 22.1.